The normalized spacial score (nSPS) is 18.2. The van der Waals surface area contributed by atoms with Crippen molar-refractivity contribution in [1.29, 1.82) is 0 Å². The summed E-state index contributed by atoms with van der Waals surface area (Å²) < 4.78 is 32.5. The number of hydrogen-bond acceptors (Lipinski definition) is 5. The van der Waals surface area contributed by atoms with Crippen LogP contribution in [0.3, 0.4) is 0 Å². The highest BCUT2D eigenvalue weighted by molar-refractivity contribution is 7.91. The monoisotopic (exact) mass is 428 g/mol. The number of nitrogens with zero attached hydrogens (tertiary/aromatic N) is 1. The van der Waals surface area contributed by atoms with E-state index in [1.165, 1.54) is 15.6 Å². The van der Waals surface area contributed by atoms with Crippen molar-refractivity contribution in [3.05, 3.63) is 46.8 Å². The smallest absolute Gasteiger partial charge is 0.252 e. The lowest BCUT2D eigenvalue weighted by Gasteiger charge is -2.30. The van der Waals surface area contributed by atoms with Crippen LogP contribution in [0.2, 0.25) is 5.02 Å². The van der Waals surface area contributed by atoms with Gasteiger partial charge in [-0.1, -0.05) is 29.8 Å². The van der Waals surface area contributed by atoms with E-state index in [9.17, 15) is 13.2 Å². The molecule has 1 saturated heterocycles. The van der Waals surface area contributed by atoms with Gasteiger partial charge in [-0.25, -0.2) is 8.42 Å². The summed E-state index contributed by atoms with van der Waals surface area (Å²) in [6.07, 6.45) is 1.34. The first kappa shape index (κ1) is 20.1. The SMILES string of the molecule is O=C(NCCOc1ccccc1Cl)[C@H]1CCCN(S(=O)(=O)c2cccs2)C1. The van der Waals surface area contributed by atoms with Crippen molar-refractivity contribution in [2.75, 3.05) is 26.2 Å². The predicted octanol–water partition coefficient (Wildman–Crippen LogP) is 3.00. The van der Waals surface area contributed by atoms with E-state index in [-0.39, 0.29) is 18.4 Å². The molecule has 2 aromatic rings. The van der Waals surface area contributed by atoms with Crippen molar-refractivity contribution in [3.63, 3.8) is 0 Å². The third kappa shape index (κ3) is 5.01. The summed E-state index contributed by atoms with van der Waals surface area (Å²) in [7, 11) is -3.52. The van der Waals surface area contributed by atoms with Crippen LogP contribution in [0, 0.1) is 5.92 Å². The van der Waals surface area contributed by atoms with Gasteiger partial charge in [0.05, 0.1) is 17.5 Å². The number of benzene rings is 1. The summed E-state index contributed by atoms with van der Waals surface area (Å²) in [5.41, 5.74) is 0. The van der Waals surface area contributed by atoms with E-state index < -0.39 is 10.0 Å². The second-order valence-electron chi connectivity index (χ2n) is 6.20. The van der Waals surface area contributed by atoms with Gasteiger partial charge >= 0.3 is 0 Å². The van der Waals surface area contributed by atoms with Crippen LogP contribution < -0.4 is 10.1 Å². The molecule has 0 unspecified atom stereocenters. The minimum absolute atomic E-state index is 0.149. The zero-order chi connectivity index (χ0) is 19.3. The average molecular weight is 429 g/mol. The molecule has 27 heavy (non-hydrogen) atoms. The summed E-state index contributed by atoms with van der Waals surface area (Å²) in [5.74, 6) is 0.0666. The first-order valence-corrected chi connectivity index (χ1v) is 11.4. The number of hydrogen-bond donors (Lipinski definition) is 1. The number of carbonyl (C=O) groups is 1. The fourth-order valence-corrected chi connectivity index (χ4v) is 5.81. The Morgan fingerprint density at radius 2 is 2.11 bits per heavy atom. The van der Waals surface area contributed by atoms with Gasteiger partial charge in [-0.2, -0.15) is 4.31 Å². The number of nitrogens with one attached hydrogen (secondary N) is 1. The van der Waals surface area contributed by atoms with Crippen molar-refractivity contribution < 1.29 is 17.9 Å². The van der Waals surface area contributed by atoms with Gasteiger partial charge in [0.2, 0.25) is 5.91 Å². The molecular weight excluding hydrogens is 408 g/mol. The molecule has 0 aliphatic carbocycles. The number of rotatable bonds is 7. The maximum absolute atomic E-state index is 12.6. The van der Waals surface area contributed by atoms with Crippen LogP contribution in [0.5, 0.6) is 5.75 Å². The van der Waals surface area contributed by atoms with Crippen LogP contribution in [-0.4, -0.2) is 44.9 Å². The molecule has 1 aliphatic rings. The summed E-state index contributed by atoms with van der Waals surface area (Å²) in [6.45, 7) is 1.27. The van der Waals surface area contributed by atoms with E-state index in [4.69, 9.17) is 16.3 Å². The highest BCUT2D eigenvalue weighted by Crippen LogP contribution is 2.26. The van der Waals surface area contributed by atoms with Crippen molar-refractivity contribution in [1.82, 2.24) is 9.62 Å². The first-order chi connectivity index (χ1) is 13.0. The number of halogens is 1. The topological polar surface area (TPSA) is 75.7 Å². The maximum Gasteiger partial charge on any atom is 0.252 e. The molecule has 1 aromatic heterocycles. The van der Waals surface area contributed by atoms with Gasteiger partial charge in [0.15, 0.2) is 0 Å². The van der Waals surface area contributed by atoms with Gasteiger partial charge in [-0.05, 0) is 36.4 Å². The van der Waals surface area contributed by atoms with E-state index in [1.807, 2.05) is 12.1 Å². The summed E-state index contributed by atoms with van der Waals surface area (Å²) in [4.78, 5) is 12.4. The summed E-state index contributed by atoms with van der Waals surface area (Å²) >= 11 is 7.21. The highest BCUT2D eigenvalue weighted by atomic mass is 35.5. The molecule has 1 atom stereocenters. The number of thiophene rings is 1. The lowest BCUT2D eigenvalue weighted by molar-refractivity contribution is -0.126. The first-order valence-electron chi connectivity index (χ1n) is 8.67. The van der Waals surface area contributed by atoms with E-state index in [2.05, 4.69) is 5.32 Å². The molecule has 3 rings (SSSR count). The molecular formula is C18H21ClN2O4S2. The summed E-state index contributed by atoms with van der Waals surface area (Å²) in [5, 5.41) is 5.08. The molecule has 0 spiro atoms. The van der Waals surface area contributed by atoms with Crippen LogP contribution in [-0.2, 0) is 14.8 Å². The Morgan fingerprint density at radius 3 is 2.85 bits per heavy atom. The number of ether oxygens (including phenoxy) is 1. The Hall–Kier alpha value is -1.61. The van der Waals surface area contributed by atoms with Crippen molar-refractivity contribution >= 4 is 38.9 Å². The molecule has 1 amide bonds. The molecule has 0 bridgehead atoms. The van der Waals surface area contributed by atoms with Gasteiger partial charge in [0.25, 0.3) is 10.0 Å². The average Bonchev–Trinajstić information content (AvgIpc) is 3.22. The third-order valence-corrected chi connectivity index (χ3v) is 7.89. The summed E-state index contributed by atoms with van der Waals surface area (Å²) in [6, 6.07) is 10.4. The van der Waals surface area contributed by atoms with Gasteiger partial charge < -0.3 is 10.1 Å². The minimum Gasteiger partial charge on any atom is -0.490 e. The van der Waals surface area contributed by atoms with Crippen LogP contribution in [0.4, 0.5) is 0 Å². The second-order valence-corrected chi connectivity index (χ2v) is 9.72. The number of piperidine rings is 1. The van der Waals surface area contributed by atoms with E-state index in [0.717, 1.165) is 0 Å². The van der Waals surface area contributed by atoms with Gasteiger partial charge in [-0.3, -0.25) is 4.79 Å². The molecule has 2 heterocycles. The van der Waals surface area contributed by atoms with Crippen LogP contribution >= 0.6 is 22.9 Å². The number of carbonyl (C=O) groups excluding carboxylic acids is 1. The molecule has 1 fully saturated rings. The van der Waals surface area contributed by atoms with Crippen molar-refractivity contribution in [3.8, 4) is 5.75 Å². The fourth-order valence-electron chi connectivity index (χ4n) is 2.95. The van der Waals surface area contributed by atoms with Crippen LogP contribution in [0.15, 0.2) is 46.0 Å². The Labute approximate surface area is 168 Å². The molecule has 0 saturated carbocycles. The van der Waals surface area contributed by atoms with E-state index in [0.29, 0.717) is 47.5 Å². The third-order valence-electron chi connectivity index (χ3n) is 4.34. The van der Waals surface area contributed by atoms with E-state index >= 15 is 0 Å². The fraction of sp³-hybridized carbons (Fsp3) is 0.389. The van der Waals surface area contributed by atoms with Gasteiger partial charge in [0.1, 0.15) is 16.6 Å². The number of para-hydroxylation sites is 1. The van der Waals surface area contributed by atoms with E-state index in [1.54, 1.807) is 29.6 Å². The highest BCUT2D eigenvalue weighted by Gasteiger charge is 2.33. The van der Waals surface area contributed by atoms with Gasteiger partial charge in [-0.15, -0.1) is 11.3 Å². The van der Waals surface area contributed by atoms with Crippen LogP contribution in [0.25, 0.3) is 0 Å². The van der Waals surface area contributed by atoms with Crippen molar-refractivity contribution in [2.45, 2.75) is 17.1 Å². The number of amides is 1. The zero-order valence-electron chi connectivity index (χ0n) is 14.6. The molecule has 146 valence electrons. The molecule has 0 radical (unpaired) electrons. The lowest BCUT2D eigenvalue weighted by Crippen LogP contribution is -2.45. The van der Waals surface area contributed by atoms with Crippen LogP contribution in [0.1, 0.15) is 12.8 Å². The molecule has 1 aromatic carbocycles. The number of sulfonamides is 1. The Balaban J connectivity index is 1.49. The Morgan fingerprint density at radius 1 is 1.30 bits per heavy atom. The van der Waals surface area contributed by atoms with Crippen molar-refractivity contribution in [2.24, 2.45) is 5.92 Å². The predicted molar refractivity (Wildman–Crippen MR) is 106 cm³/mol. The maximum atomic E-state index is 12.6. The Kier molecular flexibility index (Phi) is 6.75. The Bertz CT molecular complexity index is 871. The zero-order valence-corrected chi connectivity index (χ0v) is 17.0. The van der Waals surface area contributed by atoms with Gasteiger partial charge in [0, 0.05) is 13.1 Å². The standard InChI is InChI=1S/C18H21ClN2O4S2/c19-15-6-1-2-7-16(15)25-11-9-20-18(22)14-5-3-10-21(13-14)27(23,24)17-8-4-12-26-17/h1-2,4,6-8,12,14H,3,5,9-11,13H2,(H,20,22)/t14-/m0/s1. The molecule has 1 N–H and O–H groups in total. The minimum atomic E-state index is -3.52. The molecule has 1 aliphatic heterocycles. The largest absolute Gasteiger partial charge is 0.490 e. The lowest BCUT2D eigenvalue weighted by atomic mass is 9.99. The second kappa shape index (κ2) is 9.05. The molecule has 9 heteroatoms. The quantitative estimate of drug-likeness (QED) is 0.688. The molecule has 6 nitrogen and oxygen atoms in total.